The summed E-state index contributed by atoms with van der Waals surface area (Å²) in [6.45, 7) is 0. The van der Waals surface area contributed by atoms with Gasteiger partial charge in [-0.1, -0.05) is 91.9 Å². The van der Waals surface area contributed by atoms with Gasteiger partial charge in [-0.25, -0.2) is 0 Å². The number of nitrogens with two attached hydrogens (primary N) is 6. The summed E-state index contributed by atoms with van der Waals surface area (Å²) in [6, 6.07) is 47.1. The Hall–Kier alpha value is -2.48. The van der Waals surface area contributed by atoms with E-state index in [1.54, 1.807) is 68.3 Å². The molecule has 0 bridgehead atoms. The molecule has 16 heteroatoms. The van der Waals surface area contributed by atoms with Crippen molar-refractivity contribution in [2.45, 2.75) is 29.4 Å². The van der Waals surface area contributed by atoms with E-state index >= 15 is 0 Å². The monoisotopic (exact) mass is 870 g/mol. The molecule has 0 fully saturated rings. The number of hydrogen-bond donors (Lipinski definition) is 6. The highest BCUT2D eigenvalue weighted by Gasteiger charge is 2.24. The van der Waals surface area contributed by atoms with Crippen molar-refractivity contribution in [2.75, 3.05) is 34.4 Å². The first-order chi connectivity index (χ1) is 24.8. The maximum Gasteiger partial charge on any atom is 0.123 e. The van der Waals surface area contributed by atoms with Crippen LogP contribution >= 0.6 is 75.6 Å². The molecule has 0 radical (unpaired) electrons. The molecule has 0 unspecified atom stereocenters. The van der Waals surface area contributed by atoms with Crippen LogP contribution in [0.2, 0.25) is 0 Å². The molecule has 52 heavy (non-hydrogen) atoms. The van der Waals surface area contributed by atoms with Crippen LogP contribution in [0.3, 0.4) is 0 Å². The van der Waals surface area contributed by atoms with Gasteiger partial charge in [0.05, 0.1) is 0 Å². The van der Waals surface area contributed by atoms with E-state index in [1.807, 2.05) is 146 Å². The van der Waals surface area contributed by atoms with Crippen LogP contribution in [0.25, 0.3) is 0 Å². The second-order valence-corrected chi connectivity index (χ2v) is 41.3. The van der Waals surface area contributed by atoms with Crippen LogP contribution in [0.15, 0.2) is 175 Å². The smallest absolute Gasteiger partial charge is 0.123 e. The molecule has 0 aromatic heterocycles. The standard InChI is InChI=1S/2C18H18N3PS4/c2*19-13-1-7-16(8-2-13)24-22(23,25-17-9-3-14(20)4-10-17)26-18-11-5-15(21)6-12-18/h2*1-12H,19-21H2. The molecule has 6 rings (SSSR count). The quantitative estimate of drug-likeness (QED) is 0.0510. The average Bonchev–Trinajstić information content (AvgIpc) is 3.11. The average molecular weight is 871 g/mol. The molecule has 6 nitrogen and oxygen atoms in total. The molecule has 0 saturated carbocycles. The van der Waals surface area contributed by atoms with E-state index in [4.69, 9.17) is 58.0 Å². The van der Waals surface area contributed by atoms with Gasteiger partial charge in [-0.05, 0) is 146 Å². The van der Waals surface area contributed by atoms with Crippen LogP contribution in [-0.4, -0.2) is 0 Å². The molecule has 6 aromatic carbocycles. The van der Waals surface area contributed by atoms with E-state index in [1.165, 1.54) is 0 Å². The van der Waals surface area contributed by atoms with Crippen molar-refractivity contribution in [2.24, 2.45) is 0 Å². The topological polar surface area (TPSA) is 156 Å². The molecule has 0 saturated heterocycles. The highest BCUT2D eigenvalue weighted by Crippen LogP contribution is 2.84. The molecule has 12 N–H and O–H groups in total. The molecule has 0 atom stereocenters. The van der Waals surface area contributed by atoms with Crippen LogP contribution in [0.1, 0.15) is 0 Å². The minimum Gasteiger partial charge on any atom is -0.399 e. The predicted octanol–water partition coefficient (Wildman–Crippen LogP) is 12.7. The number of rotatable bonds is 12. The van der Waals surface area contributed by atoms with Crippen molar-refractivity contribution in [3.05, 3.63) is 146 Å². The van der Waals surface area contributed by atoms with E-state index in [-0.39, 0.29) is 0 Å². The first kappa shape index (κ1) is 40.7. The fourth-order valence-electron chi connectivity index (χ4n) is 4.06. The van der Waals surface area contributed by atoms with Gasteiger partial charge < -0.3 is 34.4 Å². The van der Waals surface area contributed by atoms with Gasteiger partial charge in [0.25, 0.3) is 0 Å². The zero-order chi connectivity index (χ0) is 37.1. The molecule has 0 aliphatic heterocycles. The second kappa shape index (κ2) is 19.2. The molecule has 0 aliphatic carbocycles. The molecule has 0 amide bonds. The van der Waals surface area contributed by atoms with Crippen LogP contribution in [-0.2, 0) is 23.6 Å². The van der Waals surface area contributed by atoms with E-state index < -0.39 is 7.29 Å². The molecular formula is C36H36N6P2S8. The second-order valence-electron chi connectivity index (χ2n) is 10.9. The normalized spacial score (nSPS) is 11.4. The van der Waals surface area contributed by atoms with Crippen LogP contribution < -0.4 is 34.4 Å². The lowest BCUT2D eigenvalue weighted by Gasteiger charge is -2.20. The van der Waals surface area contributed by atoms with Crippen molar-refractivity contribution < 1.29 is 0 Å². The summed E-state index contributed by atoms with van der Waals surface area (Å²) >= 11 is 22.7. The molecule has 0 heterocycles. The Kier molecular flexibility index (Phi) is 15.0. The lowest BCUT2D eigenvalue weighted by Crippen LogP contribution is -1.83. The number of hydrogen-bond acceptors (Lipinski definition) is 14. The van der Waals surface area contributed by atoms with Crippen molar-refractivity contribution >= 4 is 133 Å². The van der Waals surface area contributed by atoms with Gasteiger partial charge in [0, 0.05) is 63.5 Å². The van der Waals surface area contributed by atoms with Crippen LogP contribution in [0, 0.1) is 0 Å². The third kappa shape index (κ3) is 13.4. The minimum atomic E-state index is -1.97. The van der Waals surface area contributed by atoms with Crippen LogP contribution in [0.5, 0.6) is 0 Å². The summed E-state index contributed by atoms with van der Waals surface area (Å²) < 4.78 is -3.94. The maximum atomic E-state index is 6.15. The third-order valence-corrected chi connectivity index (χ3v) is 30.7. The summed E-state index contributed by atoms with van der Waals surface area (Å²) in [5.74, 6) is 0. The summed E-state index contributed by atoms with van der Waals surface area (Å²) in [5, 5.41) is 0. The van der Waals surface area contributed by atoms with Crippen molar-refractivity contribution in [3.8, 4) is 0 Å². The number of nitrogen functional groups attached to an aromatic ring is 6. The molecular weight excluding hydrogens is 835 g/mol. The van der Waals surface area contributed by atoms with Gasteiger partial charge in [-0.3, -0.25) is 0 Å². The summed E-state index contributed by atoms with van der Waals surface area (Å²) in [7, 11) is 0. The predicted molar refractivity (Wildman–Crippen MR) is 249 cm³/mol. The number of anilines is 6. The van der Waals surface area contributed by atoms with Gasteiger partial charge >= 0.3 is 0 Å². The third-order valence-electron chi connectivity index (χ3n) is 6.58. The minimum absolute atomic E-state index is 0.750. The van der Waals surface area contributed by atoms with Crippen molar-refractivity contribution in [3.63, 3.8) is 0 Å². The van der Waals surface area contributed by atoms with E-state index in [0.29, 0.717) is 0 Å². The van der Waals surface area contributed by atoms with Gasteiger partial charge in [-0.2, -0.15) is 0 Å². The number of benzene rings is 6. The highest BCUT2D eigenvalue weighted by atomic mass is 33.5. The highest BCUT2D eigenvalue weighted by molar-refractivity contribution is 9.23. The summed E-state index contributed by atoms with van der Waals surface area (Å²) in [4.78, 5) is 6.71. The van der Waals surface area contributed by atoms with Gasteiger partial charge in [-0.15, -0.1) is 0 Å². The Labute approximate surface area is 339 Å². The zero-order valence-electron chi connectivity index (χ0n) is 27.5. The zero-order valence-corrected chi connectivity index (χ0v) is 35.8. The molecule has 6 aromatic rings. The Morgan fingerprint density at radius 2 is 0.365 bits per heavy atom. The largest absolute Gasteiger partial charge is 0.399 e. The molecule has 0 aliphatic rings. The molecule has 0 spiro atoms. The first-order valence-electron chi connectivity index (χ1n) is 15.3. The van der Waals surface area contributed by atoms with Gasteiger partial charge in [0.15, 0.2) is 0 Å². The SMILES string of the molecule is Nc1ccc(SP(=S)(Sc2ccc(N)cc2)Sc2ccc(N)cc2)cc1.Nc1ccc(SP(=S)(Sc2ccc(N)cc2)Sc2ccc(N)cc2)cc1. The lowest BCUT2D eigenvalue weighted by atomic mass is 10.3. The Balaban J connectivity index is 0.000000201. The maximum absolute atomic E-state index is 6.15. The lowest BCUT2D eigenvalue weighted by molar-refractivity contribution is 1.47. The fraction of sp³-hybridized carbons (Fsp3) is 0. The summed E-state index contributed by atoms with van der Waals surface area (Å²) in [5.41, 5.74) is 39.3. The Morgan fingerprint density at radius 1 is 0.250 bits per heavy atom. The first-order valence-corrected chi connectivity index (χ1v) is 29.5. The van der Waals surface area contributed by atoms with Crippen molar-refractivity contribution in [1.29, 1.82) is 0 Å². The van der Waals surface area contributed by atoms with E-state index in [9.17, 15) is 0 Å². The van der Waals surface area contributed by atoms with E-state index in [0.717, 1.165) is 63.5 Å². The Bertz CT molecular complexity index is 1740. The molecule has 268 valence electrons. The Morgan fingerprint density at radius 3 is 0.481 bits per heavy atom. The van der Waals surface area contributed by atoms with Crippen molar-refractivity contribution in [1.82, 2.24) is 0 Å². The van der Waals surface area contributed by atoms with E-state index in [2.05, 4.69) is 0 Å². The van der Waals surface area contributed by atoms with Gasteiger partial charge in [0.2, 0.25) is 0 Å². The van der Waals surface area contributed by atoms with Gasteiger partial charge in [0.1, 0.15) is 7.29 Å². The summed E-state index contributed by atoms with van der Waals surface area (Å²) in [6.07, 6.45) is 0. The van der Waals surface area contributed by atoms with Crippen LogP contribution in [0.4, 0.5) is 34.1 Å². The fourth-order valence-corrected chi connectivity index (χ4v) is 30.8.